The summed E-state index contributed by atoms with van der Waals surface area (Å²) in [7, 11) is 0. The van der Waals surface area contributed by atoms with Crippen molar-refractivity contribution in [2.24, 2.45) is 5.73 Å². The molecule has 1 heterocycles. The molecule has 0 spiro atoms. The van der Waals surface area contributed by atoms with E-state index < -0.39 is 0 Å². The van der Waals surface area contributed by atoms with Crippen molar-refractivity contribution in [1.82, 2.24) is 9.97 Å². The first-order valence-corrected chi connectivity index (χ1v) is 7.97. The molecule has 4 N–H and O–H groups in total. The Bertz CT molecular complexity index is 882. The number of aromatic nitrogens is 2. The first-order chi connectivity index (χ1) is 9.95. The number of hydrogen-bond donors (Lipinski definition) is 3. The smallest absolute Gasteiger partial charge is 0.320 e. The average molecular weight is 411 g/mol. The fraction of sp³-hybridized carbons (Fsp3) is 0.133. The van der Waals surface area contributed by atoms with Crippen LogP contribution in [0.2, 0.25) is 0 Å². The molecule has 2 aromatic carbocycles. The number of nitrogens with two attached hydrogens (primary N) is 1. The number of H-pyrrole nitrogens is 2. The molecule has 3 rings (SSSR count). The van der Waals surface area contributed by atoms with Gasteiger partial charge in [-0.25, -0.2) is 4.79 Å². The first kappa shape index (κ1) is 14.6. The molecule has 21 heavy (non-hydrogen) atoms. The second kappa shape index (κ2) is 5.44. The molecule has 3 aromatic rings. The van der Waals surface area contributed by atoms with Crippen molar-refractivity contribution >= 4 is 42.9 Å². The van der Waals surface area contributed by atoms with Gasteiger partial charge < -0.3 is 15.7 Å². The minimum Gasteiger partial charge on any atom is -0.320 e. The molecule has 0 radical (unpaired) electrons. The van der Waals surface area contributed by atoms with Gasteiger partial charge in [0, 0.05) is 8.95 Å². The molecule has 4 nitrogen and oxygen atoms in total. The Morgan fingerprint density at radius 1 is 1.05 bits per heavy atom. The number of aromatic amines is 2. The lowest BCUT2D eigenvalue weighted by atomic mass is 9.95. The second-order valence-corrected chi connectivity index (χ2v) is 6.75. The molecule has 1 unspecified atom stereocenters. The third kappa shape index (κ3) is 2.71. The van der Waals surface area contributed by atoms with Crippen LogP contribution in [0.1, 0.15) is 22.7 Å². The van der Waals surface area contributed by atoms with Crippen molar-refractivity contribution in [3.63, 3.8) is 0 Å². The van der Waals surface area contributed by atoms with Crippen LogP contribution < -0.4 is 11.4 Å². The van der Waals surface area contributed by atoms with E-state index >= 15 is 0 Å². The fourth-order valence-electron chi connectivity index (χ4n) is 2.42. The minimum absolute atomic E-state index is 0.221. The van der Waals surface area contributed by atoms with Crippen LogP contribution in [0.4, 0.5) is 0 Å². The molecule has 0 aliphatic heterocycles. The highest BCUT2D eigenvalue weighted by Gasteiger charge is 2.16. The number of rotatable bonds is 2. The minimum atomic E-state index is -0.278. The Hall–Kier alpha value is -1.37. The van der Waals surface area contributed by atoms with Gasteiger partial charge in [-0.1, -0.05) is 37.9 Å². The number of imidazole rings is 1. The van der Waals surface area contributed by atoms with E-state index in [0.717, 1.165) is 36.7 Å². The van der Waals surface area contributed by atoms with Crippen LogP contribution in [0.15, 0.2) is 44.1 Å². The van der Waals surface area contributed by atoms with E-state index in [4.69, 9.17) is 5.73 Å². The molecule has 6 heteroatoms. The maximum atomic E-state index is 11.4. The summed E-state index contributed by atoms with van der Waals surface area (Å²) in [6.07, 6.45) is 0. The van der Waals surface area contributed by atoms with Gasteiger partial charge in [-0.15, -0.1) is 0 Å². The van der Waals surface area contributed by atoms with E-state index in [1.54, 1.807) is 0 Å². The van der Waals surface area contributed by atoms with E-state index in [9.17, 15) is 4.79 Å². The van der Waals surface area contributed by atoms with Gasteiger partial charge in [-0.3, -0.25) is 0 Å². The summed E-state index contributed by atoms with van der Waals surface area (Å²) < 4.78 is 1.86. The monoisotopic (exact) mass is 409 g/mol. The van der Waals surface area contributed by atoms with Gasteiger partial charge in [0.2, 0.25) is 0 Å². The van der Waals surface area contributed by atoms with Gasteiger partial charge in [0.1, 0.15) is 0 Å². The van der Waals surface area contributed by atoms with Gasteiger partial charge in [-0.2, -0.15) is 0 Å². The van der Waals surface area contributed by atoms with E-state index in [1.165, 1.54) is 0 Å². The molecule has 0 bridgehead atoms. The molecular weight excluding hydrogens is 398 g/mol. The molecule has 0 saturated heterocycles. The topological polar surface area (TPSA) is 74.7 Å². The molecular formula is C15H13Br2N3O. The van der Waals surface area contributed by atoms with Crippen LogP contribution in [0.5, 0.6) is 0 Å². The highest BCUT2D eigenvalue weighted by Crippen LogP contribution is 2.32. The molecule has 0 amide bonds. The number of halogens is 2. The fourth-order valence-corrected chi connectivity index (χ4v) is 3.39. The Kier molecular flexibility index (Phi) is 3.77. The van der Waals surface area contributed by atoms with Crippen LogP contribution >= 0.6 is 31.9 Å². The number of aryl methyl sites for hydroxylation is 1. The van der Waals surface area contributed by atoms with E-state index in [-0.39, 0.29) is 11.7 Å². The largest absolute Gasteiger partial charge is 0.323 e. The van der Waals surface area contributed by atoms with Gasteiger partial charge in [0.25, 0.3) is 0 Å². The van der Waals surface area contributed by atoms with Crippen molar-refractivity contribution in [1.29, 1.82) is 0 Å². The van der Waals surface area contributed by atoms with E-state index in [0.29, 0.717) is 0 Å². The highest BCUT2D eigenvalue weighted by molar-refractivity contribution is 9.10. The highest BCUT2D eigenvalue weighted by atomic mass is 79.9. The summed E-state index contributed by atoms with van der Waals surface area (Å²) in [5, 5.41) is 0. The summed E-state index contributed by atoms with van der Waals surface area (Å²) >= 11 is 7.02. The summed E-state index contributed by atoms with van der Waals surface area (Å²) in [6, 6.07) is 9.55. The number of nitrogens with one attached hydrogen (secondary N) is 2. The van der Waals surface area contributed by atoms with Crippen molar-refractivity contribution in [3.8, 4) is 0 Å². The average Bonchev–Trinajstić information content (AvgIpc) is 2.79. The standard InChI is InChI=1S/C15H13Br2N3O/c1-7-2-3-8(16)4-9(7)14(18)10-5-12-13(6-11(10)17)20-15(21)19-12/h2-6,14H,18H2,1H3,(H2,19,20,21). The SMILES string of the molecule is Cc1ccc(Br)cc1C(N)c1cc2[nH]c(=O)[nH]c2cc1Br. The molecule has 0 aliphatic rings. The molecule has 0 fully saturated rings. The lowest BCUT2D eigenvalue weighted by Gasteiger charge is -2.17. The van der Waals surface area contributed by atoms with Crippen molar-refractivity contribution in [2.45, 2.75) is 13.0 Å². The van der Waals surface area contributed by atoms with Gasteiger partial charge in [0.15, 0.2) is 0 Å². The third-order valence-corrected chi connectivity index (χ3v) is 4.72. The Morgan fingerprint density at radius 3 is 2.43 bits per heavy atom. The Balaban J connectivity index is 2.16. The second-order valence-electron chi connectivity index (χ2n) is 4.98. The molecule has 1 aromatic heterocycles. The Morgan fingerprint density at radius 2 is 1.71 bits per heavy atom. The van der Waals surface area contributed by atoms with Crippen molar-refractivity contribution < 1.29 is 0 Å². The number of hydrogen-bond acceptors (Lipinski definition) is 2. The zero-order valence-corrected chi connectivity index (χ0v) is 14.4. The molecule has 0 aliphatic carbocycles. The van der Waals surface area contributed by atoms with Crippen LogP contribution in [0.3, 0.4) is 0 Å². The van der Waals surface area contributed by atoms with Crippen LogP contribution in [-0.4, -0.2) is 9.97 Å². The summed E-state index contributed by atoms with van der Waals surface area (Å²) in [6.45, 7) is 2.03. The van der Waals surface area contributed by atoms with E-state index in [2.05, 4.69) is 41.8 Å². The maximum absolute atomic E-state index is 11.4. The lowest BCUT2D eigenvalue weighted by molar-refractivity contribution is 0.857. The van der Waals surface area contributed by atoms with Gasteiger partial charge in [-0.05, 0) is 47.9 Å². The zero-order chi connectivity index (χ0) is 15.1. The van der Waals surface area contributed by atoms with E-state index in [1.807, 2.05) is 37.3 Å². The predicted octanol–water partition coefficient (Wildman–Crippen LogP) is 3.74. The van der Waals surface area contributed by atoms with Crippen LogP contribution in [-0.2, 0) is 0 Å². The molecule has 108 valence electrons. The molecule has 0 saturated carbocycles. The summed E-state index contributed by atoms with van der Waals surface area (Å²) in [5.74, 6) is 0. The predicted molar refractivity (Wildman–Crippen MR) is 91.5 cm³/mol. The van der Waals surface area contributed by atoms with Crippen molar-refractivity contribution in [2.75, 3.05) is 0 Å². The maximum Gasteiger partial charge on any atom is 0.323 e. The van der Waals surface area contributed by atoms with Crippen LogP contribution in [0.25, 0.3) is 11.0 Å². The normalized spacial score (nSPS) is 12.8. The summed E-state index contributed by atoms with van der Waals surface area (Å²) in [5.41, 5.74) is 10.8. The number of fused-ring (bicyclic) bond motifs is 1. The quantitative estimate of drug-likeness (QED) is 0.601. The Labute approximate surface area is 138 Å². The molecule has 1 atom stereocenters. The lowest BCUT2D eigenvalue weighted by Crippen LogP contribution is -2.14. The van der Waals surface area contributed by atoms with Gasteiger partial charge >= 0.3 is 5.69 Å². The van der Waals surface area contributed by atoms with Crippen LogP contribution in [0, 0.1) is 6.92 Å². The van der Waals surface area contributed by atoms with Gasteiger partial charge in [0.05, 0.1) is 17.1 Å². The third-order valence-electron chi connectivity index (χ3n) is 3.54. The zero-order valence-electron chi connectivity index (χ0n) is 11.2. The van der Waals surface area contributed by atoms with Crippen molar-refractivity contribution in [3.05, 3.63) is 66.5 Å². The number of benzene rings is 2. The summed E-state index contributed by atoms with van der Waals surface area (Å²) in [4.78, 5) is 16.9. The first-order valence-electron chi connectivity index (χ1n) is 6.39.